The molecule has 142 valence electrons. The molecule has 0 spiro atoms. The van der Waals surface area contributed by atoms with Gasteiger partial charge in [0.2, 0.25) is 10.0 Å². The number of hydrogen-bond donors (Lipinski definition) is 3. The van der Waals surface area contributed by atoms with E-state index in [4.69, 9.17) is 0 Å². The van der Waals surface area contributed by atoms with Gasteiger partial charge in [0, 0.05) is 20.1 Å². The zero-order valence-corrected chi connectivity index (χ0v) is 18.3. The van der Waals surface area contributed by atoms with Crippen LogP contribution in [0, 0.1) is 6.92 Å². The van der Waals surface area contributed by atoms with E-state index in [9.17, 15) is 8.42 Å². The van der Waals surface area contributed by atoms with Crippen LogP contribution in [0.1, 0.15) is 16.7 Å². The lowest BCUT2D eigenvalue weighted by Gasteiger charge is -2.12. The van der Waals surface area contributed by atoms with Crippen molar-refractivity contribution in [3.8, 4) is 0 Å². The molecule has 0 amide bonds. The van der Waals surface area contributed by atoms with Crippen LogP contribution >= 0.6 is 24.0 Å². The van der Waals surface area contributed by atoms with Gasteiger partial charge in [-0.2, -0.15) is 0 Å². The van der Waals surface area contributed by atoms with Crippen molar-refractivity contribution < 1.29 is 8.42 Å². The maximum Gasteiger partial charge on any atom is 0.240 e. The summed E-state index contributed by atoms with van der Waals surface area (Å²) in [6, 6.07) is 15.0. The van der Waals surface area contributed by atoms with Gasteiger partial charge in [-0.15, -0.1) is 24.0 Å². The van der Waals surface area contributed by atoms with Crippen LogP contribution in [0.25, 0.3) is 0 Å². The highest BCUT2D eigenvalue weighted by molar-refractivity contribution is 14.0. The Morgan fingerprint density at radius 3 is 2.15 bits per heavy atom. The summed E-state index contributed by atoms with van der Waals surface area (Å²) in [5, 5.41) is 6.48. The van der Waals surface area contributed by atoms with Gasteiger partial charge in [0.1, 0.15) is 0 Å². The fraction of sp³-hybridized carbons (Fsp3) is 0.278. The molecule has 0 aliphatic carbocycles. The largest absolute Gasteiger partial charge is 0.352 e. The summed E-state index contributed by atoms with van der Waals surface area (Å²) in [6.45, 7) is 3.29. The number of nitrogens with zero attached hydrogens (tertiary/aromatic N) is 1. The molecular formula is C18H25IN4O2S. The molecule has 0 aromatic heterocycles. The molecule has 0 aliphatic rings. The van der Waals surface area contributed by atoms with Crippen molar-refractivity contribution in [1.82, 2.24) is 15.4 Å². The summed E-state index contributed by atoms with van der Waals surface area (Å²) >= 11 is 0. The minimum absolute atomic E-state index is 0. The summed E-state index contributed by atoms with van der Waals surface area (Å²) in [5.41, 5.74) is 3.37. The highest BCUT2D eigenvalue weighted by Gasteiger charge is 2.10. The number of benzene rings is 2. The average Bonchev–Trinajstić information content (AvgIpc) is 2.62. The topological polar surface area (TPSA) is 82.6 Å². The Labute approximate surface area is 172 Å². The first-order chi connectivity index (χ1) is 11.9. The number of guanidine groups is 1. The molecule has 26 heavy (non-hydrogen) atoms. The standard InChI is InChI=1S/C18H24N4O2S.HI/c1-14-5-4-6-16(11-14)13-22-18(19-2)21-12-15-7-9-17(10-8-15)25(23,24)20-3;/h4-11,20H,12-13H2,1-3H3,(H2,19,21,22);1H. The number of nitrogens with one attached hydrogen (secondary N) is 3. The molecule has 3 N–H and O–H groups in total. The third-order valence-electron chi connectivity index (χ3n) is 3.73. The molecule has 0 aliphatic heterocycles. The molecule has 0 atom stereocenters. The Morgan fingerprint density at radius 2 is 1.62 bits per heavy atom. The molecule has 0 radical (unpaired) electrons. The van der Waals surface area contributed by atoms with Crippen LogP contribution in [-0.4, -0.2) is 28.5 Å². The second-order valence-electron chi connectivity index (χ2n) is 5.62. The van der Waals surface area contributed by atoms with Crippen molar-refractivity contribution in [1.29, 1.82) is 0 Å². The zero-order valence-electron chi connectivity index (χ0n) is 15.1. The first-order valence-electron chi connectivity index (χ1n) is 7.97. The van der Waals surface area contributed by atoms with E-state index < -0.39 is 10.0 Å². The quantitative estimate of drug-likeness (QED) is 0.332. The van der Waals surface area contributed by atoms with Crippen molar-refractivity contribution in [2.45, 2.75) is 24.9 Å². The third-order valence-corrected chi connectivity index (χ3v) is 5.16. The van der Waals surface area contributed by atoms with Gasteiger partial charge in [0.25, 0.3) is 0 Å². The second-order valence-corrected chi connectivity index (χ2v) is 7.51. The number of aryl methyl sites for hydroxylation is 1. The lowest BCUT2D eigenvalue weighted by molar-refractivity contribution is 0.588. The summed E-state index contributed by atoms with van der Waals surface area (Å²) in [4.78, 5) is 4.45. The molecule has 6 nitrogen and oxygen atoms in total. The molecule has 0 unspecified atom stereocenters. The maximum atomic E-state index is 11.7. The second kappa shape index (κ2) is 10.5. The van der Waals surface area contributed by atoms with E-state index in [1.54, 1.807) is 31.3 Å². The van der Waals surface area contributed by atoms with Gasteiger partial charge in [-0.05, 0) is 37.2 Å². The van der Waals surface area contributed by atoms with Crippen LogP contribution in [0.3, 0.4) is 0 Å². The summed E-state index contributed by atoms with van der Waals surface area (Å²) in [5.74, 6) is 0.688. The Balaban J connectivity index is 0.00000338. The predicted octanol–water partition coefficient (Wildman–Crippen LogP) is 2.39. The van der Waals surface area contributed by atoms with Crippen LogP contribution in [0.5, 0.6) is 0 Å². The Hall–Kier alpha value is -1.65. The zero-order chi connectivity index (χ0) is 18.3. The lowest BCUT2D eigenvalue weighted by Crippen LogP contribution is -2.36. The van der Waals surface area contributed by atoms with Crippen LogP contribution in [0.4, 0.5) is 0 Å². The third kappa shape index (κ3) is 6.58. The molecule has 0 saturated heterocycles. The first-order valence-corrected chi connectivity index (χ1v) is 9.45. The van der Waals surface area contributed by atoms with E-state index in [0.29, 0.717) is 19.0 Å². The highest BCUT2D eigenvalue weighted by Crippen LogP contribution is 2.10. The first kappa shape index (κ1) is 22.4. The Kier molecular flexibility index (Phi) is 9.03. The molecule has 2 aromatic rings. The molecule has 0 heterocycles. The lowest BCUT2D eigenvalue weighted by atomic mass is 10.1. The minimum Gasteiger partial charge on any atom is -0.352 e. The molecule has 2 rings (SSSR count). The minimum atomic E-state index is -3.40. The van der Waals surface area contributed by atoms with Crippen LogP contribution in [-0.2, 0) is 23.1 Å². The number of rotatable bonds is 6. The predicted molar refractivity (Wildman–Crippen MR) is 116 cm³/mol. The summed E-state index contributed by atoms with van der Waals surface area (Å²) in [7, 11) is -0.286. The normalized spacial score (nSPS) is 11.6. The van der Waals surface area contributed by atoms with Crippen molar-refractivity contribution in [3.05, 3.63) is 65.2 Å². The van der Waals surface area contributed by atoms with Gasteiger partial charge in [-0.25, -0.2) is 13.1 Å². The van der Waals surface area contributed by atoms with Gasteiger partial charge in [-0.3, -0.25) is 4.99 Å². The molecular weight excluding hydrogens is 463 g/mol. The molecule has 8 heteroatoms. The Bertz CT molecular complexity index is 837. The van der Waals surface area contributed by atoms with Crippen molar-refractivity contribution >= 4 is 40.0 Å². The van der Waals surface area contributed by atoms with E-state index in [-0.39, 0.29) is 28.9 Å². The fourth-order valence-corrected chi connectivity index (χ4v) is 3.05. The smallest absolute Gasteiger partial charge is 0.240 e. The molecule has 2 aromatic carbocycles. The number of halogens is 1. The van der Waals surface area contributed by atoms with E-state index in [2.05, 4.69) is 45.5 Å². The molecule has 0 fully saturated rings. The van der Waals surface area contributed by atoms with Crippen molar-refractivity contribution in [2.24, 2.45) is 4.99 Å². The summed E-state index contributed by atoms with van der Waals surface area (Å²) < 4.78 is 25.7. The summed E-state index contributed by atoms with van der Waals surface area (Å²) in [6.07, 6.45) is 0. The van der Waals surface area contributed by atoms with E-state index in [1.165, 1.54) is 18.2 Å². The van der Waals surface area contributed by atoms with Gasteiger partial charge >= 0.3 is 0 Å². The van der Waals surface area contributed by atoms with E-state index >= 15 is 0 Å². The van der Waals surface area contributed by atoms with Gasteiger partial charge < -0.3 is 10.6 Å². The van der Waals surface area contributed by atoms with E-state index in [1.807, 2.05) is 6.07 Å². The number of hydrogen-bond acceptors (Lipinski definition) is 3. The molecule has 0 saturated carbocycles. The van der Waals surface area contributed by atoms with Crippen LogP contribution in [0.15, 0.2) is 58.4 Å². The Morgan fingerprint density at radius 1 is 1.00 bits per heavy atom. The van der Waals surface area contributed by atoms with Gasteiger partial charge in [0.15, 0.2) is 5.96 Å². The highest BCUT2D eigenvalue weighted by atomic mass is 127. The number of aliphatic imine (C=N–C) groups is 1. The van der Waals surface area contributed by atoms with Crippen molar-refractivity contribution in [2.75, 3.05) is 14.1 Å². The van der Waals surface area contributed by atoms with Crippen molar-refractivity contribution in [3.63, 3.8) is 0 Å². The fourth-order valence-electron chi connectivity index (χ4n) is 2.32. The number of sulfonamides is 1. The van der Waals surface area contributed by atoms with Gasteiger partial charge in [0.05, 0.1) is 4.90 Å². The SMILES string of the molecule is CN=C(NCc1ccc(S(=O)(=O)NC)cc1)NCc1cccc(C)c1.I. The van der Waals surface area contributed by atoms with Crippen LogP contribution in [0.2, 0.25) is 0 Å². The monoisotopic (exact) mass is 488 g/mol. The van der Waals surface area contributed by atoms with Crippen LogP contribution < -0.4 is 15.4 Å². The van der Waals surface area contributed by atoms with E-state index in [0.717, 1.165) is 5.56 Å². The maximum absolute atomic E-state index is 11.7. The molecule has 0 bridgehead atoms. The van der Waals surface area contributed by atoms with Gasteiger partial charge in [-0.1, -0.05) is 42.0 Å². The average molecular weight is 488 g/mol.